The van der Waals surface area contributed by atoms with Gasteiger partial charge in [-0.15, -0.1) is 0 Å². The molecule has 5 atom stereocenters. The van der Waals surface area contributed by atoms with Crippen LogP contribution in [0.4, 0.5) is 0 Å². The Balaban J connectivity index is 2.02. The number of rotatable bonds is 5. The predicted molar refractivity (Wildman–Crippen MR) is 96.6 cm³/mol. The average molecular weight is 393 g/mol. The maximum absolute atomic E-state index is 12.2. The van der Waals surface area contributed by atoms with Crippen LogP contribution in [0.3, 0.4) is 0 Å². The molecule has 6 nitrogen and oxygen atoms in total. The fourth-order valence-electron chi connectivity index (χ4n) is 3.14. The Kier molecular flexibility index (Phi) is 5.94. The molecule has 25 heavy (non-hydrogen) atoms. The van der Waals surface area contributed by atoms with E-state index in [9.17, 15) is 9.59 Å². The van der Waals surface area contributed by atoms with E-state index in [2.05, 4.69) is 4.99 Å². The minimum absolute atomic E-state index is 0.112. The van der Waals surface area contributed by atoms with Gasteiger partial charge in [0.1, 0.15) is 0 Å². The third-order valence-corrected chi connectivity index (χ3v) is 6.01. The van der Waals surface area contributed by atoms with E-state index in [1.807, 2.05) is 6.92 Å². The van der Waals surface area contributed by atoms with Gasteiger partial charge in [0.25, 0.3) is 0 Å². The molecule has 0 aromatic heterocycles. The number of ether oxygens (including phenoxy) is 2. The van der Waals surface area contributed by atoms with Gasteiger partial charge in [0.15, 0.2) is 10.5 Å². The van der Waals surface area contributed by atoms with Crippen molar-refractivity contribution in [3.8, 4) is 0 Å². The lowest BCUT2D eigenvalue weighted by Crippen LogP contribution is -2.45. The zero-order valence-corrected chi connectivity index (χ0v) is 16.8. The standard InChI is InChI=1S/C17H26Cl2N2O4/c1-10(7-25-15(23)16(2,3)4)12-11(8-24-13(12)22)6-17(19)14(18)20-9-21(17)5/h9-12,14H,6-8H2,1-5H3/t10?,11-,12-,14?,17?/m0/s1. The van der Waals surface area contributed by atoms with Crippen molar-refractivity contribution >= 4 is 41.5 Å². The zero-order valence-electron chi connectivity index (χ0n) is 15.3. The maximum Gasteiger partial charge on any atom is 0.311 e. The van der Waals surface area contributed by atoms with Gasteiger partial charge in [-0.25, -0.2) is 0 Å². The monoisotopic (exact) mass is 392 g/mol. The number of alkyl halides is 2. The molecule has 0 N–H and O–H groups in total. The molecule has 2 heterocycles. The van der Waals surface area contributed by atoms with Crippen molar-refractivity contribution in [3.05, 3.63) is 0 Å². The molecule has 0 radical (unpaired) electrons. The molecule has 8 heteroatoms. The van der Waals surface area contributed by atoms with Gasteiger partial charge >= 0.3 is 11.9 Å². The smallest absolute Gasteiger partial charge is 0.311 e. The summed E-state index contributed by atoms with van der Waals surface area (Å²) in [6, 6.07) is 0. The topological polar surface area (TPSA) is 68.2 Å². The van der Waals surface area contributed by atoms with Crippen LogP contribution in [0.1, 0.15) is 34.1 Å². The maximum atomic E-state index is 12.2. The Morgan fingerprint density at radius 2 is 2.20 bits per heavy atom. The summed E-state index contributed by atoms with van der Waals surface area (Å²) in [5, 5.41) is 0. The van der Waals surface area contributed by atoms with E-state index in [1.54, 1.807) is 39.1 Å². The number of carbonyl (C=O) groups is 2. The molecular formula is C17H26Cl2N2O4. The highest BCUT2D eigenvalue weighted by Crippen LogP contribution is 2.43. The number of hydrogen-bond acceptors (Lipinski definition) is 6. The summed E-state index contributed by atoms with van der Waals surface area (Å²) in [4.78, 5) is 29.2. The molecular weight excluding hydrogens is 367 g/mol. The van der Waals surface area contributed by atoms with E-state index in [-0.39, 0.29) is 42.9 Å². The summed E-state index contributed by atoms with van der Waals surface area (Å²) in [5.41, 5.74) is -1.17. The number of aliphatic imine (C=N–C) groups is 1. The van der Waals surface area contributed by atoms with Crippen LogP contribution in [0.5, 0.6) is 0 Å². The van der Waals surface area contributed by atoms with Crippen molar-refractivity contribution in [2.24, 2.45) is 28.2 Å². The van der Waals surface area contributed by atoms with E-state index < -0.39 is 15.9 Å². The van der Waals surface area contributed by atoms with Gasteiger partial charge in [0, 0.05) is 18.9 Å². The summed E-state index contributed by atoms with van der Waals surface area (Å²) >= 11 is 12.9. The van der Waals surface area contributed by atoms with E-state index in [0.29, 0.717) is 6.42 Å². The third kappa shape index (κ3) is 4.22. The molecule has 142 valence electrons. The van der Waals surface area contributed by atoms with Crippen molar-refractivity contribution in [1.82, 2.24) is 4.90 Å². The number of carbonyl (C=O) groups excluding carboxylic acids is 2. The lowest BCUT2D eigenvalue weighted by molar-refractivity contribution is -0.156. The van der Waals surface area contributed by atoms with Gasteiger partial charge in [0.2, 0.25) is 0 Å². The molecule has 0 saturated carbocycles. The predicted octanol–water partition coefficient (Wildman–Crippen LogP) is 2.86. The molecule has 3 unspecified atom stereocenters. The summed E-state index contributed by atoms with van der Waals surface area (Å²) in [5.74, 6) is -1.24. The fraction of sp³-hybridized carbons (Fsp3) is 0.824. The molecule has 2 aliphatic rings. The minimum atomic E-state index is -0.889. The first-order valence-electron chi connectivity index (χ1n) is 8.40. The molecule has 0 aliphatic carbocycles. The molecule has 0 spiro atoms. The van der Waals surface area contributed by atoms with E-state index >= 15 is 0 Å². The van der Waals surface area contributed by atoms with Crippen LogP contribution in [0, 0.1) is 23.2 Å². The Hall–Kier alpha value is -1.01. The molecule has 0 aromatic rings. The number of cyclic esters (lactones) is 1. The summed E-state index contributed by atoms with van der Waals surface area (Å²) < 4.78 is 10.6. The van der Waals surface area contributed by atoms with Crippen molar-refractivity contribution in [3.63, 3.8) is 0 Å². The summed E-state index contributed by atoms with van der Waals surface area (Å²) in [7, 11) is 1.81. The van der Waals surface area contributed by atoms with Crippen molar-refractivity contribution in [1.29, 1.82) is 0 Å². The van der Waals surface area contributed by atoms with Crippen molar-refractivity contribution in [2.45, 2.75) is 44.6 Å². The van der Waals surface area contributed by atoms with Crippen LogP contribution in [-0.4, -0.2) is 53.9 Å². The molecule has 0 aromatic carbocycles. The van der Waals surface area contributed by atoms with Crippen LogP contribution < -0.4 is 0 Å². The molecule has 0 bridgehead atoms. The van der Waals surface area contributed by atoms with E-state index in [1.165, 1.54) is 0 Å². The number of halogens is 2. The van der Waals surface area contributed by atoms with E-state index in [4.69, 9.17) is 32.7 Å². The molecule has 1 saturated heterocycles. The Labute approximate surface area is 158 Å². The number of nitrogens with zero attached hydrogens (tertiary/aromatic N) is 2. The fourth-order valence-corrected chi connectivity index (χ4v) is 3.73. The Morgan fingerprint density at radius 1 is 1.56 bits per heavy atom. The molecule has 1 fully saturated rings. The normalized spacial score (nSPS) is 33.5. The lowest BCUT2D eigenvalue weighted by Gasteiger charge is -2.35. The van der Waals surface area contributed by atoms with Gasteiger partial charge in [0.05, 0.1) is 30.9 Å². The largest absolute Gasteiger partial charge is 0.465 e. The first kappa shape index (κ1) is 20.3. The highest BCUT2D eigenvalue weighted by Gasteiger charge is 2.50. The quantitative estimate of drug-likeness (QED) is 0.408. The van der Waals surface area contributed by atoms with Gasteiger partial charge in [-0.05, 0) is 27.2 Å². The second-order valence-electron chi connectivity index (χ2n) is 7.98. The second kappa shape index (κ2) is 7.31. The van der Waals surface area contributed by atoms with Crippen LogP contribution in [0.25, 0.3) is 0 Å². The van der Waals surface area contributed by atoms with Crippen molar-refractivity contribution in [2.75, 3.05) is 20.3 Å². The Bertz CT molecular complexity index is 549. The first-order valence-corrected chi connectivity index (χ1v) is 9.21. The molecule has 2 aliphatic heterocycles. The lowest BCUT2D eigenvalue weighted by atomic mass is 9.81. The third-order valence-electron chi connectivity index (χ3n) is 4.79. The molecule has 0 amide bonds. The van der Waals surface area contributed by atoms with Gasteiger partial charge < -0.3 is 14.4 Å². The first-order chi connectivity index (χ1) is 11.5. The highest BCUT2D eigenvalue weighted by molar-refractivity contribution is 6.33. The van der Waals surface area contributed by atoms with Gasteiger partial charge in [-0.2, -0.15) is 0 Å². The SMILES string of the molecule is CC(COC(=O)C(C)(C)C)[C@@H]1C(=O)OC[C@@H]1CC1(Cl)C(Cl)N=CN1C. The highest BCUT2D eigenvalue weighted by atomic mass is 35.5. The minimum Gasteiger partial charge on any atom is -0.465 e. The van der Waals surface area contributed by atoms with Gasteiger partial charge in [-0.1, -0.05) is 30.1 Å². The second-order valence-corrected chi connectivity index (χ2v) is 9.04. The number of hydrogen-bond donors (Lipinski definition) is 0. The average Bonchev–Trinajstić information content (AvgIpc) is 2.99. The van der Waals surface area contributed by atoms with E-state index in [0.717, 1.165) is 0 Å². The number of likely N-dealkylation sites (N-methyl/N-ethyl adjacent to an activating group) is 1. The van der Waals surface area contributed by atoms with Crippen molar-refractivity contribution < 1.29 is 19.1 Å². The molecule has 2 rings (SSSR count). The van der Waals surface area contributed by atoms with Crippen LogP contribution in [0.2, 0.25) is 0 Å². The summed E-state index contributed by atoms with van der Waals surface area (Å²) in [6.07, 6.45) is 2.05. The Morgan fingerprint density at radius 3 is 2.72 bits per heavy atom. The van der Waals surface area contributed by atoms with Crippen LogP contribution in [-0.2, 0) is 19.1 Å². The van der Waals surface area contributed by atoms with Crippen LogP contribution >= 0.6 is 23.2 Å². The van der Waals surface area contributed by atoms with Crippen LogP contribution in [0.15, 0.2) is 4.99 Å². The number of esters is 2. The summed E-state index contributed by atoms with van der Waals surface area (Å²) in [6.45, 7) is 7.71. The zero-order chi connectivity index (χ0) is 19.0. The van der Waals surface area contributed by atoms with Gasteiger partial charge in [-0.3, -0.25) is 14.6 Å².